The molecule has 5 nitrogen and oxygen atoms in total. The maximum absolute atomic E-state index is 11.4. The average Bonchev–Trinajstić information content (AvgIpc) is 3.25. The van der Waals surface area contributed by atoms with E-state index in [0.717, 1.165) is 22.4 Å². The molecule has 3 aromatic carbocycles. The number of aromatic nitrogens is 2. The zero-order chi connectivity index (χ0) is 21.0. The Balaban J connectivity index is 2.05. The van der Waals surface area contributed by atoms with Gasteiger partial charge in [0.2, 0.25) is 0 Å². The van der Waals surface area contributed by atoms with Gasteiger partial charge in [0.15, 0.2) is 0 Å². The van der Waals surface area contributed by atoms with Gasteiger partial charge in [-0.3, -0.25) is 4.79 Å². The van der Waals surface area contributed by atoms with Crippen LogP contribution in [-0.4, -0.2) is 26.7 Å². The van der Waals surface area contributed by atoms with Crippen LogP contribution >= 0.6 is 0 Å². The van der Waals surface area contributed by atoms with Gasteiger partial charge in [-0.1, -0.05) is 91.0 Å². The van der Waals surface area contributed by atoms with E-state index >= 15 is 0 Å². The second-order valence-corrected chi connectivity index (χ2v) is 7.21. The van der Waals surface area contributed by atoms with E-state index < -0.39 is 17.6 Å². The first-order chi connectivity index (χ1) is 14.6. The summed E-state index contributed by atoms with van der Waals surface area (Å²) in [7, 11) is 0. The van der Waals surface area contributed by atoms with E-state index in [4.69, 9.17) is 5.73 Å². The van der Waals surface area contributed by atoms with E-state index in [1.807, 2.05) is 54.6 Å². The van der Waals surface area contributed by atoms with Crippen LogP contribution in [0.2, 0.25) is 0 Å². The molecular formula is C25H23N3O2. The summed E-state index contributed by atoms with van der Waals surface area (Å²) in [4.78, 5) is 15.8. The van der Waals surface area contributed by atoms with Crippen molar-refractivity contribution >= 4 is 5.97 Å². The van der Waals surface area contributed by atoms with Crippen LogP contribution in [0.3, 0.4) is 0 Å². The zero-order valence-corrected chi connectivity index (χ0v) is 16.4. The van der Waals surface area contributed by atoms with Gasteiger partial charge in [0.1, 0.15) is 11.6 Å². The first-order valence-corrected chi connectivity index (χ1v) is 9.80. The van der Waals surface area contributed by atoms with Crippen molar-refractivity contribution < 1.29 is 9.90 Å². The molecule has 5 heteroatoms. The van der Waals surface area contributed by atoms with Crippen LogP contribution in [-0.2, 0) is 16.8 Å². The Kier molecular flexibility index (Phi) is 5.46. The Morgan fingerprint density at radius 1 is 0.867 bits per heavy atom. The third-order valence-electron chi connectivity index (χ3n) is 5.40. The van der Waals surface area contributed by atoms with Crippen molar-refractivity contribution in [3.05, 3.63) is 126 Å². The van der Waals surface area contributed by atoms with Gasteiger partial charge in [-0.2, -0.15) is 0 Å². The maximum Gasteiger partial charge on any atom is 0.320 e. The lowest BCUT2D eigenvalue weighted by Gasteiger charge is -2.38. The number of rotatable bonds is 7. The van der Waals surface area contributed by atoms with Crippen LogP contribution in [0.4, 0.5) is 0 Å². The number of carbonyl (C=O) groups is 1. The van der Waals surface area contributed by atoms with E-state index in [2.05, 4.69) is 45.9 Å². The van der Waals surface area contributed by atoms with Gasteiger partial charge in [0, 0.05) is 18.3 Å². The predicted molar refractivity (Wildman–Crippen MR) is 116 cm³/mol. The third-order valence-corrected chi connectivity index (χ3v) is 5.40. The SMILES string of the molecule is NC(Cc1cncn1C(c1ccccc1)(c1ccccc1)c1ccccc1)C(=O)O. The van der Waals surface area contributed by atoms with Crippen molar-refractivity contribution in [2.24, 2.45) is 5.73 Å². The van der Waals surface area contributed by atoms with E-state index in [1.165, 1.54) is 0 Å². The van der Waals surface area contributed by atoms with E-state index in [0.29, 0.717) is 0 Å². The number of nitrogens with two attached hydrogens (primary N) is 1. The molecule has 0 amide bonds. The summed E-state index contributed by atoms with van der Waals surface area (Å²) >= 11 is 0. The first kappa shape index (κ1) is 19.6. The van der Waals surface area contributed by atoms with Gasteiger partial charge < -0.3 is 15.4 Å². The van der Waals surface area contributed by atoms with Crippen molar-refractivity contribution in [1.82, 2.24) is 9.55 Å². The molecule has 150 valence electrons. The lowest BCUT2D eigenvalue weighted by Crippen LogP contribution is -2.40. The predicted octanol–water partition coefficient (Wildman–Crippen LogP) is 3.68. The molecule has 0 saturated heterocycles. The molecule has 1 unspecified atom stereocenters. The van der Waals surface area contributed by atoms with Crippen LogP contribution in [0.5, 0.6) is 0 Å². The van der Waals surface area contributed by atoms with Gasteiger partial charge in [-0.15, -0.1) is 0 Å². The minimum absolute atomic E-state index is 0.170. The normalized spacial score (nSPS) is 12.4. The number of aliphatic carboxylic acids is 1. The molecule has 0 spiro atoms. The highest BCUT2D eigenvalue weighted by Crippen LogP contribution is 2.41. The number of carboxylic acid groups (broad SMARTS) is 1. The number of benzene rings is 3. The molecular weight excluding hydrogens is 374 g/mol. The first-order valence-electron chi connectivity index (χ1n) is 9.80. The standard InChI is InChI=1S/C25H23N3O2/c26-23(24(29)30)16-22-17-27-18-28(22)25(19-10-4-1-5-11-19,20-12-6-2-7-13-20)21-14-8-3-9-15-21/h1-15,17-18,23H,16,26H2,(H,29,30). The molecule has 4 aromatic rings. The summed E-state index contributed by atoms with van der Waals surface area (Å²) in [6.07, 6.45) is 3.63. The summed E-state index contributed by atoms with van der Waals surface area (Å²) in [6.45, 7) is 0. The smallest absolute Gasteiger partial charge is 0.320 e. The molecule has 0 aliphatic heterocycles. The van der Waals surface area contributed by atoms with Gasteiger partial charge in [-0.25, -0.2) is 4.98 Å². The second-order valence-electron chi connectivity index (χ2n) is 7.21. The Morgan fingerprint density at radius 2 is 1.30 bits per heavy atom. The lowest BCUT2D eigenvalue weighted by molar-refractivity contribution is -0.138. The molecule has 1 atom stereocenters. The molecule has 3 N–H and O–H groups in total. The number of hydrogen-bond acceptors (Lipinski definition) is 3. The van der Waals surface area contributed by atoms with Crippen molar-refractivity contribution in [3.8, 4) is 0 Å². The quantitative estimate of drug-likeness (QED) is 0.466. The Bertz CT molecular complexity index is 1010. The minimum Gasteiger partial charge on any atom is -0.480 e. The highest BCUT2D eigenvalue weighted by atomic mass is 16.4. The fourth-order valence-electron chi connectivity index (χ4n) is 4.04. The van der Waals surface area contributed by atoms with Gasteiger partial charge in [0.05, 0.1) is 6.33 Å². The zero-order valence-electron chi connectivity index (χ0n) is 16.4. The Labute approximate surface area is 175 Å². The van der Waals surface area contributed by atoms with Crippen LogP contribution < -0.4 is 5.73 Å². The molecule has 30 heavy (non-hydrogen) atoms. The monoisotopic (exact) mass is 397 g/mol. The van der Waals surface area contributed by atoms with Crippen LogP contribution in [0.15, 0.2) is 104 Å². The molecule has 1 heterocycles. The van der Waals surface area contributed by atoms with Crippen molar-refractivity contribution in [3.63, 3.8) is 0 Å². The highest BCUT2D eigenvalue weighted by molar-refractivity contribution is 5.73. The van der Waals surface area contributed by atoms with Crippen LogP contribution in [0, 0.1) is 0 Å². The van der Waals surface area contributed by atoms with Crippen LogP contribution in [0.1, 0.15) is 22.4 Å². The lowest BCUT2D eigenvalue weighted by atomic mass is 9.76. The van der Waals surface area contributed by atoms with Crippen LogP contribution in [0.25, 0.3) is 0 Å². The summed E-state index contributed by atoms with van der Waals surface area (Å²) < 4.78 is 2.05. The van der Waals surface area contributed by atoms with E-state index in [9.17, 15) is 9.90 Å². The van der Waals surface area contributed by atoms with Crippen molar-refractivity contribution in [2.75, 3.05) is 0 Å². The minimum atomic E-state index is -1.03. The number of nitrogens with zero attached hydrogens (tertiary/aromatic N) is 2. The molecule has 0 aliphatic carbocycles. The Hall–Kier alpha value is -3.70. The highest BCUT2D eigenvalue weighted by Gasteiger charge is 2.39. The maximum atomic E-state index is 11.4. The van der Waals surface area contributed by atoms with Gasteiger partial charge >= 0.3 is 5.97 Å². The van der Waals surface area contributed by atoms with Gasteiger partial charge in [0.25, 0.3) is 0 Å². The topological polar surface area (TPSA) is 81.1 Å². The summed E-state index contributed by atoms with van der Waals surface area (Å²) in [5, 5.41) is 9.37. The van der Waals surface area contributed by atoms with Gasteiger partial charge in [-0.05, 0) is 16.7 Å². The van der Waals surface area contributed by atoms with E-state index in [1.54, 1.807) is 12.5 Å². The fourth-order valence-corrected chi connectivity index (χ4v) is 4.04. The Morgan fingerprint density at radius 3 is 1.70 bits per heavy atom. The third kappa shape index (κ3) is 3.40. The fraction of sp³-hybridized carbons (Fsp3) is 0.120. The number of imidazole rings is 1. The summed E-state index contributed by atoms with van der Waals surface area (Å²) in [5.41, 5.74) is 9.06. The van der Waals surface area contributed by atoms with E-state index in [-0.39, 0.29) is 6.42 Å². The number of hydrogen-bond donors (Lipinski definition) is 2. The van der Waals surface area contributed by atoms with Crippen molar-refractivity contribution in [1.29, 1.82) is 0 Å². The molecule has 0 fully saturated rings. The molecule has 0 aliphatic rings. The number of carboxylic acids is 1. The average molecular weight is 397 g/mol. The summed E-state index contributed by atoms with van der Waals surface area (Å²) in [6, 6.07) is 29.5. The molecule has 1 aromatic heterocycles. The largest absolute Gasteiger partial charge is 0.480 e. The van der Waals surface area contributed by atoms with Crippen molar-refractivity contribution in [2.45, 2.75) is 18.0 Å². The molecule has 0 bridgehead atoms. The molecule has 0 radical (unpaired) electrons. The molecule has 0 saturated carbocycles. The summed E-state index contributed by atoms with van der Waals surface area (Å²) in [5.74, 6) is -1.03. The second kappa shape index (κ2) is 8.35. The molecule has 4 rings (SSSR count).